The molecule has 0 radical (unpaired) electrons. The van der Waals surface area contributed by atoms with Crippen molar-refractivity contribution in [2.45, 2.75) is 24.2 Å². The van der Waals surface area contributed by atoms with Crippen LogP contribution < -0.4 is 17.8 Å². The van der Waals surface area contributed by atoms with E-state index in [2.05, 4.69) is 8.37 Å². The van der Waals surface area contributed by atoms with Crippen LogP contribution in [-0.4, -0.2) is 27.9 Å². The number of fused-ring (bicyclic) bond motifs is 14. The summed E-state index contributed by atoms with van der Waals surface area (Å²) in [4.78, 5) is 0. The van der Waals surface area contributed by atoms with Crippen molar-refractivity contribution in [2.24, 2.45) is 0 Å². The third-order valence-electron chi connectivity index (χ3n) is 10.2. The van der Waals surface area contributed by atoms with Crippen LogP contribution in [0.5, 0.6) is 23.0 Å². The Morgan fingerprint density at radius 1 is 0.417 bits per heavy atom. The number of benzene rings is 8. The second kappa shape index (κ2) is 14.1. The molecule has 8 aromatic rings. The van der Waals surface area contributed by atoms with Crippen LogP contribution in [0.4, 0.5) is 26.3 Å². The molecule has 16 heteroatoms. The lowest BCUT2D eigenvalue weighted by molar-refractivity contribution is -0.0504. The monoisotopic (exact) mass is 860 g/mol. The predicted octanol–water partition coefficient (Wildman–Crippen LogP) is 11.6. The molecular formula is C44H26F6O8S2. The highest BCUT2D eigenvalue weighted by atomic mass is 32.2. The summed E-state index contributed by atoms with van der Waals surface area (Å²) in [5.41, 5.74) is -8.12. The highest BCUT2D eigenvalue weighted by Gasteiger charge is 2.49. The molecule has 0 saturated carbocycles. The van der Waals surface area contributed by atoms with E-state index in [1.165, 1.54) is 12.1 Å². The van der Waals surface area contributed by atoms with Gasteiger partial charge in [-0.15, -0.1) is 0 Å². The van der Waals surface area contributed by atoms with Crippen molar-refractivity contribution >= 4 is 63.3 Å². The van der Waals surface area contributed by atoms with E-state index in [4.69, 9.17) is 9.47 Å². The average Bonchev–Trinajstić information content (AvgIpc) is 3.20. The molecule has 304 valence electrons. The summed E-state index contributed by atoms with van der Waals surface area (Å²) in [7, 11) is -12.2. The maximum absolute atomic E-state index is 13.5. The molecule has 0 N–H and O–H groups in total. The van der Waals surface area contributed by atoms with Gasteiger partial charge in [-0.1, -0.05) is 97.1 Å². The van der Waals surface area contributed by atoms with Crippen LogP contribution >= 0.6 is 0 Å². The first-order valence-corrected chi connectivity index (χ1v) is 20.7. The number of ether oxygens (including phenoxy) is 2. The molecule has 1 aliphatic heterocycles. The fourth-order valence-electron chi connectivity index (χ4n) is 7.54. The molecule has 0 saturated heterocycles. The van der Waals surface area contributed by atoms with Gasteiger partial charge in [-0.25, -0.2) is 0 Å². The zero-order chi connectivity index (χ0) is 42.2. The largest absolute Gasteiger partial charge is 0.534 e. The van der Waals surface area contributed by atoms with Gasteiger partial charge in [-0.2, -0.15) is 43.2 Å². The summed E-state index contributed by atoms with van der Waals surface area (Å²) >= 11 is 0. The van der Waals surface area contributed by atoms with E-state index < -0.39 is 42.8 Å². The van der Waals surface area contributed by atoms with Crippen molar-refractivity contribution in [2.75, 3.05) is 0 Å². The molecule has 0 fully saturated rings. The lowest BCUT2D eigenvalue weighted by Gasteiger charge is -2.24. The van der Waals surface area contributed by atoms with Gasteiger partial charge in [-0.05, 0) is 102 Å². The number of halogens is 6. The number of alkyl halides is 6. The Kier molecular flexibility index (Phi) is 9.13. The van der Waals surface area contributed by atoms with E-state index in [9.17, 15) is 43.2 Å². The molecule has 8 nitrogen and oxygen atoms in total. The average molecular weight is 861 g/mol. The third kappa shape index (κ3) is 6.74. The van der Waals surface area contributed by atoms with E-state index in [0.717, 1.165) is 68.1 Å². The van der Waals surface area contributed by atoms with Gasteiger partial charge in [0.15, 0.2) is 0 Å². The minimum absolute atomic E-state index is 0.0842. The quantitative estimate of drug-likeness (QED) is 0.0979. The SMILES string of the molecule is O=S(=O)(Oc1ccc2ccc3c(c2c1)-c1c(ccc2ccc(OS(=O)(=O)C(F)(F)F)cc12)OCc1ccc2ccccc2c1-c1c(ccc2ccccc12)CO3)C(F)(F)F. The Morgan fingerprint density at radius 3 is 1.17 bits per heavy atom. The summed E-state index contributed by atoms with van der Waals surface area (Å²) in [5, 5.41) is 4.61. The van der Waals surface area contributed by atoms with E-state index in [-0.39, 0.29) is 46.6 Å². The van der Waals surface area contributed by atoms with Crippen LogP contribution in [0.2, 0.25) is 0 Å². The Bertz CT molecular complexity index is 3070. The van der Waals surface area contributed by atoms with Crippen LogP contribution in [0.1, 0.15) is 11.1 Å². The van der Waals surface area contributed by atoms with Crippen molar-refractivity contribution in [1.29, 1.82) is 0 Å². The van der Waals surface area contributed by atoms with E-state index in [1.807, 2.05) is 72.8 Å². The Labute approximate surface area is 337 Å². The molecule has 0 amide bonds. The van der Waals surface area contributed by atoms with Crippen molar-refractivity contribution in [3.8, 4) is 45.3 Å². The molecule has 0 spiro atoms. The van der Waals surface area contributed by atoms with Crippen LogP contribution in [0, 0.1) is 0 Å². The molecule has 1 heterocycles. The highest BCUT2D eigenvalue weighted by Crippen LogP contribution is 2.49. The first kappa shape index (κ1) is 39.0. The van der Waals surface area contributed by atoms with Crippen molar-refractivity contribution in [3.05, 3.63) is 145 Å². The summed E-state index contributed by atoms with van der Waals surface area (Å²) < 4.78 is 152. The molecular weight excluding hydrogens is 835 g/mol. The normalized spacial score (nSPS) is 13.6. The second-order valence-electron chi connectivity index (χ2n) is 13.8. The lowest BCUT2D eigenvalue weighted by Crippen LogP contribution is -2.28. The summed E-state index contributed by atoms with van der Waals surface area (Å²) in [6.07, 6.45) is 0. The fourth-order valence-corrected chi connectivity index (χ4v) is 8.44. The fraction of sp³-hybridized carbons (Fsp3) is 0.0909. The van der Waals surface area contributed by atoms with Crippen LogP contribution in [0.3, 0.4) is 0 Å². The Hall–Kier alpha value is -6.52. The van der Waals surface area contributed by atoms with Crippen molar-refractivity contribution in [1.82, 2.24) is 0 Å². The molecule has 0 bridgehead atoms. The van der Waals surface area contributed by atoms with Gasteiger partial charge < -0.3 is 17.8 Å². The maximum atomic E-state index is 13.5. The molecule has 0 aromatic heterocycles. The third-order valence-corrected chi connectivity index (χ3v) is 12.1. The summed E-state index contributed by atoms with van der Waals surface area (Å²) in [6.45, 7) is -0.168. The van der Waals surface area contributed by atoms with E-state index >= 15 is 0 Å². The zero-order valence-electron chi connectivity index (χ0n) is 30.5. The van der Waals surface area contributed by atoms with Crippen molar-refractivity contribution in [3.63, 3.8) is 0 Å². The minimum atomic E-state index is -6.12. The molecule has 1 aliphatic rings. The summed E-state index contributed by atoms with van der Waals surface area (Å²) in [6, 6.07) is 36.5. The van der Waals surface area contributed by atoms with Crippen LogP contribution in [0.25, 0.3) is 65.3 Å². The summed E-state index contributed by atoms with van der Waals surface area (Å²) in [5.74, 6) is -1.22. The predicted molar refractivity (Wildman–Crippen MR) is 214 cm³/mol. The van der Waals surface area contributed by atoms with Crippen LogP contribution in [-0.2, 0) is 33.5 Å². The maximum Gasteiger partial charge on any atom is 0.534 e. The molecule has 0 aliphatic carbocycles. The first-order valence-electron chi connectivity index (χ1n) is 17.9. The first-order chi connectivity index (χ1) is 28.5. The highest BCUT2D eigenvalue weighted by molar-refractivity contribution is 7.88. The number of hydrogen-bond acceptors (Lipinski definition) is 8. The topological polar surface area (TPSA) is 105 Å². The molecule has 0 unspecified atom stereocenters. The second-order valence-corrected chi connectivity index (χ2v) is 16.9. The number of rotatable bonds is 4. The Balaban J connectivity index is 1.35. The van der Waals surface area contributed by atoms with Gasteiger partial charge >= 0.3 is 31.3 Å². The molecule has 0 atom stereocenters. The van der Waals surface area contributed by atoms with E-state index in [1.54, 1.807) is 24.3 Å². The zero-order valence-corrected chi connectivity index (χ0v) is 32.1. The molecule has 60 heavy (non-hydrogen) atoms. The van der Waals surface area contributed by atoms with E-state index in [0.29, 0.717) is 10.8 Å². The minimum Gasteiger partial charge on any atom is -0.488 e. The smallest absolute Gasteiger partial charge is 0.488 e. The standard InChI is InChI=1S/C44H26F6O8S2/c45-43(46,47)59(51,52)57-31-17-13-27-15-19-37-41(35(27)21-31)42-36-22-32(58-60(53,54)44(48,49)50)18-14-28(36)16-20-38(42)56-24-30-12-10-26-6-2-4-8-34(26)40(30)39-29(23-55-37)11-9-25-5-1-3-7-33(25)39/h1-22H,23-24H2. The van der Waals surface area contributed by atoms with Gasteiger partial charge in [0.25, 0.3) is 0 Å². The number of hydrogen-bond donors (Lipinski definition) is 0. The van der Waals surface area contributed by atoms with Gasteiger partial charge in [0.1, 0.15) is 36.2 Å². The van der Waals surface area contributed by atoms with Gasteiger partial charge in [-0.3, -0.25) is 0 Å². The van der Waals surface area contributed by atoms with Gasteiger partial charge in [0.2, 0.25) is 0 Å². The molecule has 9 rings (SSSR count). The van der Waals surface area contributed by atoms with Crippen LogP contribution in [0.15, 0.2) is 133 Å². The van der Waals surface area contributed by atoms with Gasteiger partial charge in [0, 0.05) is 11.1 Å². The molecule has 8 aromatic carbocycles. The Morgan fingerprint density at radius 2 is 0.767 bits per heavy atom. The van der Waals surface area contributed by atoms with Gasteiger partial charge in [0.05, 0.1) is 0 Å². The van der Waals surface area contributed by atoms with Crippen molar-refractivity contribution < 1.29 is 61.0 Å². The lowest BCUT2D eigenvalue weighted by atomic mass is 9.87.